The lowest BCUT2D eigenvalue weighted by atomic mass is 10.1. The van der Waals surface area contributed by atoms with E-state index in [4.69, 9.17) is 16.7 Å². The van der Waals surface area contributed by atoms with Gasteiger partial charge in [-0.2, -0.15) is 5.26 Å². The van der Waals surface area contributed by atoms with Crippen molar-refractivity contribution in [2.45, 2.75) is 6.42 Å². The Balaban J connectivity index is 2.93. The van der Waals surface area contributed by atoms with Gasteiger partial charge in [-0.25, -0.2) is 0 Å². The minimum absolute atomic E-state index is 0.463. The highest BCUT2D eigenvalue weighted by atomic mass is 14.6. The van der Waals surface area contributed by atoms with Crippen molar-refractivity contribution in [2.75, 3.05) is 12.3 Å². The molecular formula is C11H11N3. The zero-order valence-corrected chi connectivity index (χ0v) is 7.75. The molecule has 0 aliphatic carbocycles. The van der Waals surface area contributed by atoms with Gasteiger partial charge in [-0.05, 0) is 18.2 Å². The van der Waals surface area contributed by atoms with E-state index in [-0.39, 0.29) is 0 Å². The van der Waals surface area contributed by atoms with Crippen LogP contribution in [0.4, 0.5) is 5.69 Å². The summed E-state index contributed by atoms with van der Waals surface area (Å²) in [6.45, 7) is 0.549. The minimum Gasteiger partial charge on any atom is -0.398 e. The summed E-state index contributed by atoms with van der Waals surface area (Å²) in [5.41, 5.74) is 12.6. The van der Waals surface area contributed by atoms with Crippen LogP contribution in [-0.4, -0.2) is 6.54 Å². The van der Waals surface area contributed by atoms with Crippen LogP contribution in [0.25, 0.3) is 0 Å². The number of hydrogen-bond donors (Lipinski definition) is 2. The molecule has 1 aromatic carbocycles. The Hall–Kier alpha value is -1.97. The Morgan fingerprint density at radius 2 is 2.14 bits per heavy atom. The molecule has 0 saturated heterocycles. The molecule has 14 heavy (non-hydrogen) atoms. The molecule has 3 nitrogen and oxygen atoms in total. The van der Waals surface area contributed by atoms with E-state index in [1.165, 1.54) is 0 Å². The van der Waals surface area contributed by atoms with Gasteiger partial charge >= 0.3 is 0 Å². The van der Waals surface area contributed by atoms with E-state index in [1.807, 2.05) is 6.07 Å². The van der Waals surface area contributed by atoms with Crippen LogP contribution in [0.1, 0.15) is 17.5 Å². The summed E-state index contributed by atoms with van der Waals surface area (Å²) in [5.74, 6) is 5.81. The first-order valence-corrected chi connectivity index (χ1v) is 4.26. The fourth-order valence-electron chi connectivity index (χ4n) is 0.968. The van der Waals surface area contributed by atoms with E-state index in [1.54, 1.807) is 18.2 Å². The number of hydrogen-bond acceptors (Lipinski definition) is 3. The van der Waals surface area contributed by atoms with E-state index in [0.717, 1.165) is 5.56 Å². The van der Waals surface area contributed by atoms with Crippen molar-refractivity contribution in [1.82, 2.24) is 0 Å². The number of nitrogens with two attached hydrogens (primary N) is 2. The molecule has 0 bridgehead atoms. The summed E-state index contributed by atoms with van der Waals surface area (Å²) >= 11 is 0. The van der Waals surface area contributed by atoms with Crippen molar-refractivity contribution < 1.29 is 0 Å². The molecule has 70 valence electrons. The van der Waals surface area contributed by atoms with Crippen LogP contribution < -0.4 is 11.5 Å². The van der Waals surface area contributed by atoms with Crippen molar-refractivity contribution >= 4 is 5.69 Å². The highest BCUT2D eigenvalue weighted by molar-refractivity contribution is 5.57. The summed E-state index contributed by atoms with van der Waals surface area (Å²) in [6.07, 6.45) is 0.659. The maximum absolute atomic E-state index is 8.72. The first-order valence-electron chi connectivity index (χ1n) is 4.26. The normalized spacial score (nSPS) is 8.57. The molecule has 0 aromatic heterocycles. The molecule has 0 amide bonds. The predicted octanol–water partition coefficient (Wildman–Crippen LogP) is 0.841. The molecule has 0 spiro atoms. The van der Waals surface area contributed by atoms with Crippen LogP contribution in [-0.2, 0) is 0 Å². The third-order valence-electron chi connectivity index (χ3n) is 1.68. The van der Waals surface area contributed by atoms with Gasteiger partial charge in [-0.3, -0.25) is 0 Å². The monoisotopic (exact) mass is 185 g/mol. The molecule has 4 N–H and O–H groups in total. The third-order valence-corrected chi connectivity index (χ3v) is 1.68. The van der Waals surface area contributed by atoms with E-state index in [2.05, 4.69) is 11.8 Å². The number of rotatable bonds is 1. The Morgan fingerprint density at radius 1 is 1.36 bits per heavy atom. The quantitative estimate of drug-likeness (QED) is 0.503. The molecule has 1 aromatic rings. The summed E-state index contributed by atoms with van der Waals surface area (Å²) in [7, 11) is 0. The number of nitrogen functional groups attached to an aromatic ring is 1. The molecular weight excluding hydrogens is 174 g/mol. The summed E-state index contributed by atoms with van der Waals surface area (Å²) in [4.78, 5) is 0. The molecule has 1 rings (SSSR count). The van der Waals surface area contributed by atoms with Crippen LogP contribution in [0, 0.1) is 23.2 Å². The van der Waals surface area contributed by atoms with Crippen LogP contribution >= 0.6 is 0 Å². The maximum atomic E-state index is 8.72. The molecule has 0 aliphatic rings. The van der Waals surface area contributed by atoms with Crippen molar-refractivity contribution in [1.29, 1.82) is 5.26 Å². The van der Waals surface area contributed by atoms with E-state index < -0.39 is 0 Å². The van der Waals surface area contributed by atoms with Gasteiger partial charge < -0.3 is 11.5 Å². The van der Waals surface area contributed by atoms with Crippen LogP contribution in [0.15, 0.2) is 18.2 Å². The van der Waals surface area contributed by atoms with Gasteiger partial charge in [0.15, 0.2) is 0 Å². The SMILES string of the molecule is N#Cc1cc(C#CCCN)ccc1N. The van der Waals surface area contributed by atoms with Gasteiger partial charge in [0.1, 0.15) is 6.07 Å². The lowest BCUT2D eigenvalue weighted by Crippen LogP contribution is -1.95. The Morgan fingerprint density at radius 3 is 2.79 bits per heavy atom. The Labute approximate surface area is 83.3 Å². The Kier molecular flexibility index (Phi) is 3.55. The first kappa shape index (κ1) is 10.1. The highest BCUT2D eigenvalue weighted by Gasteiger charge is 1.97. The number of nitriles is 1. The van der Waals surface area contributed by atoms with Crippen molar-refractivity contribution in [3.05, 3.63) is 29.3 Å². The molecule has 0 radical (unpaired) electrons. The highest BCUT2D eigenvalue weighted by Crippen LogP contribution is 2.11. The van der Waals surface area contributed by atoms with Crippen LogP contribution in [0.3, 0.4) is 0 Å². The van der Waals surface area contributed by atoms with Gasteiger partial charge in [0.25, 0.3) is 0 Å². The molecule has 0 atom stereocenters. The fourth-order valence-corrected chi connectivity index (χ4v) is 0.968. The van der Waals surface area contributed by atoms with Crippen LogP contribution in [0.2, 0.25) is 0 Å². The average Bonchev–Trinajstić information content (AvgIpc) is 2.21. The second kappa shape index (κ2) is 4.91. The summed E-state index contributed by atoms with van der Waals surface area (Å²) < 4.78 is 0. The van der Waals surface area contributed by atoms with Gasteiger partial charge in [0.05, 0.1) is 5.56 Å². The van der Waals surface area contributed by atoms with Gasteiger partial charge in [-0.15, -0.1) is 0 Å². The van der Waals surface area contributed by atoms with Crippen molar-refractivity contribution in [2.24, 2.45) is 5.73 Å². The molecule has 0 fully saturated rings. The summed E-state index contributed by atoms with van der Waals surface area (Å²) in [6, 6.07) is 7.16. The Bertz CT molecular complexity index is 418. The zero-order chi connectivity index (χ0) is 10.4. The van der Waals surface area contributed by atoms with E-state index >= 15 is 0 Å². The smallest absolute Gasteiger partial charge is 0.101 e. The molecule has 0 heterocycles. The van der Waals surface area contributed by atoms with E-state index in [9.17, 15) is 0 Å². The molecule has 3 heteroatoms. The zero-order valence-electron chi connectivity index (χ0n) is 7.75. The molecule has 0 aliphatic heterocycles. The van der Waals surface area contributed by atoms with Gasteiger partial charge in [-0.1, -0.05) is 11.8 Å². The standard InChI is InChI=1S/C11H11N3/c12-6-2-1-3-9-4-5-11(14)10(7-9)8-13/h4-5,7H,2,6,12,14H2. The fraction of sp³-hybridized carbons (Fsp3) is 0.182. The third kappa shape index (κ3) is 2.52. The maximum Gasteiger partial charge on any atom is 0.101 e. The van der Waals surface area contributed by atoms with E-state index in [0.29, 0.717) is 24.2 Å². The van der Waals surface area contributed by atoms with Crippen molar-refractivity contribution in [3.8, 4) is 17.9 Å². The minimum atomic E-state index is 0.463. The topological polar surface area (TPSA) is 75.8 Å². The largest absolute Gasteiger partial charge is 0.398 e. The van der Waals surface area contributed by atoms with Gasteiger partial charge in [0.2, 0.25) is 0 Å². The molecule has 0 saturated carbocycles. The van der Waals surface area contributed by atoms with Gasteiger partial charge in [0, 0.05) is 24.2 Å². The number of nitrogens with zero attached hydrogens (tertiary/aromatic N) is 1. The summed E-state index contributed by atoms with van der Waals surface area (Å²) in [5, 5.41) is 8.72. The second-order valence-electron chi connectivity index (χ2n) is 2.75. The van der Waals surface area contributed by atoms with Crippen molar-refractivity contribution in [3.63, 3.8) is 0 Å². The second-order valence-corrected chi connectivity index (χ2v) is 2.75. The lowest BCUT2D eigenvalue weighted by Gasteiger charge is -1.96. The number of anilines is 1. The average molecular weight is 185 g/mol. The molecule has 0 unspecified atom stereocenters. The number of benzene rings is 1. The first-order chi connectivity index (χ1) is 6.77. The lowest BCUT2D eigenvalue weighted by molar-refractivity contribution is 1.03. The van der Waals surface area contributed by atoms with Crippen LogP contribution in [0.5, 0.6) is 0 Å². The predicted molar refractivity (Wildman–Crippen MR) is 56.1 cm³/mol.